The highest BCUT2D eigenvalue weighted by Crippen LogP contribution is 2.27. The fraction of sp³-hybridized carbons (Fsp3) is 0.333. The van der Waals surface area contributed by atoms with E-state index in [2.05, 4.69) is 41.0 Å². The first-order valence-corrected chi connectivity index (χ1v) is 6.20. The van der Waals surface area contributed by atoms with Gasteiger partial charge < -0.3 is 10.1 Å². The van der Waals surface area contributed by atoms with Crippen LogP contribution in [0.15, 0.2) is 18.2 Å². The first-order chi connectivity index (χ1) is 9.01. The summed E-state index contributed by atoms with van der Waals surface area (Å²) < 4.78 is 4.65. The van der Waals surface area contributed by atoms with Gasteiger partial charge in [-0.3, -0.25) is 9.78 Å². The van der Waals surface area contributed by atoms with E-state index in [1.807, 2.05) is 13.0 Å². The summed E-state index contributed by atoms with van der Waals surface area (Å²) in [6, 6.07) is 6.12. The molecule has 1 heterocycles. The second kappa shape index (κ2) is 5.26. The number of methoxy groups -OCH3 is 1. The molecule has 1 N–H and O–H groups in total. The largest absolute Gasteiger partial charge is 0.468 e. The van der Waals surface area contributed by atoms with E-state index in [-0.39, 0.29) is 12.5 Å². The molecular weight excluding hydrogens is 240 g/mol. The number of anilines is 1. The van der Waals surface area contributed by atoms with Crippen LogP contribution in [-0.4, -0.2) is 24.6 Å². The summed E-state index contributed by atoms with van der Waals surface area (Å²) in [6.07, 6.45) is 0. The molecule has 0 bridgehead atoms. The van der Waals surface area contributed by atoms with Gasteiger partial charge in [0.2, 0.25) is 0 Å². The predicted molar refractivity (Wildman–Crippen MR) is 76.5 cm³/mol. The zero-order valence-corrected chi connectivity index (χ0v) is 11.7. The van der Waals surface area contributed by atoms with E-state index < -0.39 is 0 Å². The second-order valence-electron chi connectivity index (χ2n) is 4.72. The fourth-order valence-electron chi connectivity index (χ4n) is 2.27. The molecule has 1 aromatic heterocycles. The molecule has 0 spiro atoms. The second-order valence-corrected chi connectivity index (χ2v) is 4.72. The zero-order chi connectivity index (χ0) is 14.0. The number of pyridine rings is 1. The Morgan fingerprint density at radius 1 is 1.26 bits per heavy atom. The van der Waals surface area contributed by atoms with Crippen LogP contribution in [0.1, 0.15) is 16.8 Å². The lowest BCUT2D eigenvalue weighted by Crippen LogP contribution is -2.15. The van der Waals surface area contributed by atoms with Crippen LogP contribution in [0.2, 0.25) is 0 Å². The number of nitrogens with one attached hydrogen (secondary N) is 1. The Morgan fingerprint density at radius 3 is 2.68 bits per heavy atom. The Morgan fingerprint density at radius 2 is 2.00 bits per heavy atom. The lowest BCUT2D eigenvalue weighted by atomic mass is 10.0. The minimum atomic E-state index is -0.285. The van der Waals surface area contributed by atoms with E-state index in [1.54, 1.807) is 0 Å². The molecule has 2 rings (SSSR count). The van der Waals surface area contributed by atoms with E-state index in [9.17, 15) is 4.79 Å². The number of nitrogens with zero attached hydrogens (tertiary/aromatic N) is 1. The van der Waals surface area contributed by atoms with Crippen molar-refractivity contribution in [3.63, 3.8) is 0 Å². The quantitative estimate of drug-likeness (QED) is 0.860. The molecule has 0 unspecified atom stereocenters. The molecule has 0 saturated carbocycles. The number of benzene rings is 1. The Hall–Kier alpha value is -2.10. The van der Waals surface area contributed by atoms with Gasteiger partial charge in [-0.25, -0.2) is 0 Å². The molecule has 4 nitrogen and oxygen atoms in total. The van der Waals surface area contributed by atoms with Gasteiger partial charge in [-0.2, -0.15) is 0 Å². The fourth-order valence-corrected chi connectivity index (χ4v) is 2.27. The number of esters is 1. The molecule has 1 aromatic carbocycles. The normalized spacial score (nSPS) is 10.5. The summed E-state index contributed by atoms with van der Waals surface area (Å²) in [5, 5.41) is 4.18. The number of aryl methyl sites for hydroxylation is 3. The molecule has 0 fully saturated rings. The maximum Gasteiger partial charge on any atom is 0.325 e. The molecule has 100 valence electrons. The van der Waals surface area contributed by atoms with Crippen LogP contribution in [0.4, 0.5) is 5.69 Å². The number of hydrogen-bond donors (Lipinski definition) is 1. The van der Waals surface area contributed by atoms with Gasteiger partial charge in [0.1, 0.15) is 6.54 Å². The van der Waals surface area contributed by atoms with Crippen molar-refractivity contribution < 1.29 is 9.53 Å². The van der Waals surface area contributed by atoms with Gasteiger partial charge >= 0.3 is 5.97 Å². The number of ether oxygens (including phenoxy) is 1. The molecule has 0 aliphatic carbocycles. The van der Waals surface area contributed by atoms with Crippen molar-refractivity contribution in [2.45, 2.75) is 20.8 Å². The number of rotatable bonds is 3. The van der Waals surface area contributed by atoms with E-state index in [0.717, 1.165) is 27.8 Å². The van der Waals surface area contributed by atoms with Gasteiger partial charge in [0.15, 0.2) is 0 Å². The highest BCUT2D eigenvalue weighted by Gasteiger charge is 2.09. The Kier molecular flexibility index (Phi) is 3.69. The summed E-state index contributed by atoms with van der Waals surface area (Å²) in [4.78, 5) is 15.8. The summed E-state index contributed by atoms with van der Waals surface area (Å²) in [5.41, 5.74) is 5.12. The van der Waals surface area contributed by atoms with Crippen LogP contribution < -0.4 is 5.32 Å². The van der Waals surface area contributed by atoms with E-state index in [0.29, 0.717) is 0 Å². The van der Waals surface area contributed by atoms with Crippen molar-refractivity contribution in [3.8, 4) is 0 Å². The molecule has 19 heavy (non-hydrogen) atoms. The van der Waals surface area contributed by atoms with Gasteiger partial charge in [-0.1, -0.05) is 6.07 Å². The third kappa shape index (κ3) is 2.84. The number of aromatic nitrogens is 1. The minimum Gasteiger partial charge on any atom is -0.468 e. The SMILES string of the molecule is COC(=O)CNc1cc(C)nc2cc(C)cc(C)c12. The van der Waals surface area contributed by atoms with Crippen LogP contribution in [-0.2, 0) is 9.53 Å². The third-order valence-electron chi connectivity index (χ3n) is 3.03. The van der Waals surface area contributed by atoms with E-state index in [4.69, 9.17) is 0 Å². The molecule has 0 radical (unpaired) electrons. The predicted octanol–water partition coefficient (Wildman–Crippen LogP) is 2.74. The number of carbonyl (C=O) groups excluding carboxylic acids is 1. The topological polar surface area (TPSA) is 51.2 Å². The molecule has 0 aliphatic heterocycles. The zero-order valence-electron chi connectivity index (χ0n) is 11.7. The maximum absolute atomic E-state index is 11.2. The Balaban J connectivity index is 2.50. The number of hydrogen-bond acceptors (Lipinski definition) is 4. The average molecular weight is 258 g/mol. The molecule has 2 aromatic rings. The van der Waals surface area contributed by atoms with Crippen molar-refractivity contribution in [2.75, 3.05) is 19.0 Å². The van der Waals surface area contributed by atoms with Gasteiger partial charge in [-0.15, -0.1) is 0 Å². The number of fused-ring (bicyclic) bond motifs is 1. The standard InChI is InChI=1S/C15H18N2O2/c1-9-5-10(2)15-12(16-8-14(18)19-4)7-11(3)17-13(15)6-9/h5-7H,8H2,1-4H3,(H,16,17). The Bertz CT molecular complexity index is 630. The maximum atomic E-state index is 11.2. The van der Waals surface area contributed by atoms with Crippen LogP contribution >= 0.6 is 0 Å². The monoisotopic (exact) mass is 258 g/mol. The number of carbonyl (C=O) groups is 1. The van der Waals surface area contributed by atoms with Crippen LogP contribution in [0.25, 0.3) is 10.9 Å². The Labute approximate surface area is 112 Å². The molecule has 4 heteroatoms. The molecular formula is C15H18N2O2. The molecule has 0 amide bonds. The van der Waals surface area contributed by atoms with Gasteiger partial charge in [0.05, 0.1) is 12.6 Å². The van der Waals surface area contributed by atoms with Crippen molar-refractivity contribution >= 4 is 22.6 Å². The lowest BCUT2D eigenvalue weighted by Gasteiger charge is -2.12. The van der Waals surface area contributed by atoms with Crippen LogP contribution in [0.3, 0.4) is 0 Å². The van der Waals surface area contributed by atoms with Gasteiger partial charge in [0, 0.05) is 16.8 Å². The third-order valence-corrected chi connectivity index (χ3v) is 3.03. The summed E-state index contributed by atoms with van der Waals surface area (Å²) in [5.74, 6) is -0.285. The summed E-state index contributed by atoms with van der Waals surface area (Å²) >= 11 is 0. The van der Waals surface area contributed by atoms with Gasteiger partial charge in [0.25, 0.3) is 0 Å². The first kappa shape index (κ1) is 13.3. The smallest absolute Gasteiger partial charge is 0.325 e. The van der Waals surface area contributed by atoms with Crippen molar-refractivity contribution in [2.24, 2.45) is 0 Å². The van der Waals surface area contributed by atoms with Crippen molar-refractivity contribution in [1.82, 2.24) is 4.98 Å². The average Bonchev–Trinajstić information content (AvgIpc) is 2.34. The summed E-state index contributed by atoms with van der Waals surface area (Å²) in [6.45, 7) is 6.20. The molecule has 0 aliphatic rings. The van der Waals surface area contributed by atoms with Crippen molar-refractivity contribution in [3.05, 3.63) is 35.0 Å². The van der Waals surface area contributed by atoms with E-state index in [1.165, 1.54) is 12.7 Å². The van der Waals surface area contributed by atoms with Crippen LogP contribution in [0, 0.1) is 20.8 Å². The van der Waals surface area contributed by atoms with Crippen molar-refractivity contribution in [1.29, 1.82) is 0 Å². The van der Waals surface area contributed by atoms with Crippen LogP contribution in [0.5, 0.6) is 0 Å². The molecule has 0 atom stereocenters. The first-order valence-electron chi connectivity index (χ1n) is 6.20. The van der Waals surface area contributed by atoms with Gasteiger partial charge in [-0.05, 0) is 44.0 Å². The highest BCUT2D eigenvalue weighted by molar-refractivity contribution is 5.95. The van der Waals surface area contributed by atoms with E-state index >= 15 is 0 Å². The highest BCUT2D eigenvalue weighted by atomic mass is 16.5. The lowest BCUT2D eigenvalue weighted by molar-refractivity contribution is -0.138. The molecule has 0 saturated heterocycles. The minimum absolute atomic E-state index is 0.155. The summed E-state index contributed by atoms with van der Waals surface area (Å²) in [7, 11) is 1.38.